The van der Waals surface area contributed by atoms with Gasteiger partial charge in [-0.2, -0.15) is 9.29 Å². The molecule has 1 amide bonds. The first-order valence-corrected chi connectivity index (χ1v) is 9.62. The lowest BCUT2D eigenvalue weighted by atomic mass is 10.2. The van der Waals surface area contributed by atoms with E-state index in [1.807, 2.05) is 0 Å². The molecule has 0 radical (unpaired) electrons. The van der Waals surface area contributed by atoms with Crippen LogP contribution in [0.5, 0.6) is 5.75 Å². The van der Waals surface area contributed by atoms with Gasteiger partial charge in [0.1, 0.15) is 11.5 Å². The van der Waals surface area contributed by atoms with Crippen LogP contribution in [0.25, 0.3) is 0 Å². The van der Waals surface area contributed by atoms with Gasteiger partial charge >= 0.3 is 6.01 Å². The first kappa shape index (κ1) is 19.9. The Morgan fingerprint density at radius 3 is 2.42 bits per heavy atom. The maximum atomic E-state index is 12.7. The van der Waals surface area contributed by atoms with E-state index < -0.39 is 15.9 Å². The molecule has 142 valence electrons. The van der Waals surface area contributed by atoms with E-state index in [9.17, 15) is 13.2 Å². The molecular weight excluding hydrogens is 358 g/mol. The normalized spacial score (nSPS) is 11.6. The second-order valence-electron chi connectivity index (χ2n) is 5.57. The van der Waals surface area contributed by atoms with Crippen LogP contribution >= 0.6 is 0 Å². The molecule has 0 aliphatic heterocycles. The van der Waals surface area contributed by atoms with Gasteiger partial charge in [0.2, 0.25) is 10.0 Å². The van der Waals surface area contributed by atoms with Gasteiger partial charge in [0, 0.05) is 13.1 Å². The van der Waals surface area contributed by atoms with Crippen molar-refractivity contribution >= 4 is 21.9 Å². The molecule has 0 fully saturated rings. The minimum Gasteiger partial charge on any atom is -0.496 e. The van der Waals surface area contributed by atoms with Crippen LogP contribution in [-0.4, -0.2) is 43.8 Å². The predicted molar refractivity (Wildman–Crippen MR) is 97.0 cm³/mol. The molecular formula is C17H23N3O5S. The molecule has 0 unspecified atom stereocenters. The number of amides is 1. The average Bonchev–Trinajstić information content (AvgIpc) is 2.92. The molecule has 0 atom stereocenters. The van der Waals surface area contributed by atoms with E-state index in [-0.39, 0.29) is 22.2 Å². The molecule has 0 spiro atoms. The highest BCUT2D eigenvalue weighted by Crippen LogP contribution is 2.25. The van der Waals surface area contributed by atoms with Crippen molar-refractivity contribution in [3.05, 3.63) is 35.2 Å². The average molecular weight is 381 g/mol. The van der Waals surface area contributed by atoms with Gasteiger partial charge in [0.25, 0.3) is 5.91 Å². The number of carbonyl (C=O) groups excluding carboxylic acids is 1. The van der Waals surface area contributed by atoms with Crippen molar-refractivity contribution in [2.24, 2.45) is 0 Å². The summed E-state index contributed by atoms with van der Waals surface area (Å²) in [4.78, 5) is 16.7. The van der Waals surface area contributed by atoms with Crippen molar-refractivity contribution < 1.29 is 22.4 Å². The van der Waals surface area contributed by atoms with Gasteiger partial charge in [0.15, 0.2) is 0 Å². The van der Waals surface area contributed by atoms with E-state index in [0.29, 0.717) is 24.5 Å². The molecule has 1 N–H and O–H groups in total. The maximum absolute atomic E-state index is 12.7. The lowest BCUT2D eigenvalue weighted by Gasteiger charge is -2.19. The zero-order valence-corrected chi connectivity index (χ0v) is 16.3. The molecule has 9 heteroatoms. The van der Waals surface area contributed by atoms with Gasteiger partial charge in [0.05, 0.1) is 23.3 Å². The van der Waals surface area contributed by atoms with Gasteiger partial charge in [-0.05, 0) is 32.0 Å². The van der Waals surface area contributed by atoms with Crippen molar-refractivity contribution in [1.82, 2.24) is 9.29 Å². The maximum Gasteiger partial charge on any atom is 0.302 e. The first-order chi connectivity index (χ1) is 12.2. The Morgan fingerprint density at radius 1 is 1.27 bits per heavy atom. The highest BCUT2D eigenvalue weighted by Gasteiger charge is 2.25. The smallest absolute Gasteiger partial charge is 0.302 e. The van der Waals surface area contributed by atoms with Crippen molar-refractivity contribution in [3.8, 4) is 5.75 Å². The minimum absolute atomic E-state index is 0.0203. The molecule has 0 aliphatic rings. The quantitative estimate of drug-likeness (QED) is 0.791. The number of aryl methyl sites for hydroxylation is 2. The lowest BCUT2D eigenvalue weighted by molar-refractivity contribution is 0.102. The minimum atomic E-state index is -3.70. The molecule has 0 saturated carbocycles. The highest BCUT2D eigenvalue weighted by atomic mass is 32.2. The third kappa shape index (κ3) is 3.88. The Bertz CT molecular complexity index is 882. The van der Waals surface area contributed by atoms with Gasteiger partial charge in [-0.15, -0.1) is 0 Å². The molecule has 26 heavy (non-hydrogen) atoms. The number of methoxy groups -OCH3 is 1. The number of benzene rings is 1. The molecule has 1 heterocycles. The largest absolute Gasteiger partial charge is 0.496 e. The van der Waals surface area contributed by atoms with Crippen LogP contribution in [0.4, 0.5) is 6.01 Å². The number of hydrogen-bond donors (Lipinski definition) is 1. The van der Waals surface area contributed by atoms with Crippen molar-refractivity contribution in [1.29, 1.82) is 0 Å². The number of nitrogens with one attached hydrogen (secondary N) is 1. The molecule has 1 aromatic carbocycles. The molecule has 0 aliphatic carbocycles. The summed E-state index contributed by atoms with van der Waals surface area (Å²) in [7, 11) is -2.29. The SMILES string of the molecule is CCN(CC)S(=O)(=O)c1ccc(OC)c(C(=O)Nc2nc(C)c(C)o2)c1. The number of oxazole rings is 1. The standard InChI is InChI=1S/C17H23N3O5S/c1-6-20(7-2)26(22,23)13-8-9-15(24-5)14(10-13)16(21)19-17-18-11(3)12(4)25-17/h8-10H,6-7H2,1-5H3,(H,18,19,21). The van der Waals surface area contributed by atoms with Gasteiger partial charge in [-0.3, -0.25) is 10.1 Å². The number of hydrogen-bond acceptors (Lipinski definition) is 6. The van der Waals surface area contributed by atoms with Crippen molar-refractivity contribution in [2.45, 2.75) is 32.6 Å². The van der Waals surface area contributed by atoms with E-state index in [0.717, 1.165) is 0 Å². The zero-order valence-electron chi connectivity index (χ0n) is 15.5. The second-order valence-corrected chi connectivity index (χ2v) is 7.50. The number of sulfonamides is 1. The zero-order chi connectivity index (χ0) is 19.5. The Morgan fingerprint density at radius 2 is 1.92 bits per heavy atom. The van der Waals surface area contributed by atoms with Gasteiger partial charge in [-0.1, -0.05) is 13.8 Å². The third-order valence-electron chi connectivity index (χ3n) is 4.01. The summed E-state index contributed by atoms with van der Waals surface area (Å²) in [5.41, 5.74) is 0.736. The summed E-state index contributed by atoms with van der Waals surface area (Å²) in [5, 5.41) is 2.53. The number of anilines is 1. The fourth-order valence-corrected chi connectivity index (χ4v) is 3.91. The molecule has 1 aromatic heterocycles. The summed E-state index contributed by atoms with van der Waals surface area (Å²) < 4.78 is 37.2. The van der Waals surface area contributed by atoms with Crippen LogP contribution < -0.4 is 10.1 Å². The summed E-state index contributed by atoms with van der Waals surface area (Å²) in [6.07, 6.45) is 0. The Kier molecular flexibility index (Phi) is 6.04. The highest BCUT2D eigenvalue weighted by molar-refractivity contribution is 7.89. The molecule has 0 saturated heterocycles. The summed E-state index contributed by atoms with van der Waals surface area (Å²) in [6.45, 7) is 7.67. The monoisotopic (exact) mass is 381 g/mol. The van der Waals surface area contributed by atoms with E-state index in [1.54, 1.807) is 27.7 Å². The Hall–Kier alpha value is -2.39. The Labute approximate surface area is 153 Å². The summed E-state index contributed by atoms with van der Waals surface area (Å²) in [5.74, 6) is 0.269. The number of aromatic nitrogens is 1. The van der Waals surface area contributed by atoms with Gasteiger partial charge in [-0.25, -0.2) is 8.42 Å². The van der Waals surface area contributed by atoms with Crippen LogP contribution in [0.2, 0.25) is 0 Å². The van der Waals surface area contributed by atoms with Crippen LogP contribution in [0.3, 0.4) is 0 Å². The van der Waals surface area contributed by atoms with E-state index in [1.165, 1.54) is 29.6 Å². The Balaban J connectivity index is 2.42. The lowest BCUT2D eigenvalue weighted by Crippen LogP contribution is -2.30. The second kappa shape index (κ2) is 7.88. The predicted octanol–water partition coefficient (Wildman–Crippen LogP) is 2.58. The molecule has 2 rings (SSSR count). The molecule has 2 aromatic rings. The fourth-order valence-electron chi connectivity index (χ4n) is 2.43. The van der Waals surface area contributed by atoms with Crippen LogP contribution in [0.1, 0.15) is 35.7 Å². The summed E-state index contributed by atoms with van der Waals surface area (Å²) in [6, 6.07) is 4.22. The van der Waals surface area contributed by atoms with Crippen LogP contribution in [-0.2, 0) is 10.0 Å². The number of nitrogens with zero attached hydrogens (tertiary/aromatic N) is 2. The number of rotatable bonds is 7. The van der Waals surface area contributed by atoms with Crippen molar-refractivity contribution in [3.63, 3.8) is 0 Å². The summed E-state index contributed by atoms with van der Waals surface area (Å²) >= 11 is 0. The van der Waals surface area contributed by atoms with E-state index in [2.05, 4.69) is 10.3 Å². The van der Waals surface area contributed by atoms with Crippen molar-refractivity contribution in [2.75, 3.05) is 25.5 Å². The van der Waals surface area contributed by atoms with Crippen LogP contribution in [0, 0.1) is 13.8 Å². The molecule has 8 nitrogen and oxygen atoms in total. The van der Waals surface area contributed by atoms with Crippen LogP contribution in [0.15, 0.2) is 27.5 Å². The topological polar surface area (TPSA) is 102 Å². The first-order valence-electron chi connectivity index (χ1n) is 8.18. The van der Waals surface area contributed by atoms with Gasteiger partial charge < -0.3 is 9.15 Å². The van der Waals surface area contributed by atoms with E-state index in [4.69, 9.17) is 9.15 Å². The van der Waals surface area contributed by atoms with E-state index >= 15 is 0 Å². The third-order valence-corrected chi connectivity index (χ3v) is 6.05. The molecule has 0 bridgehead atoms. The number of ether oxygens (including phenoxy) is 1. The fraction of sp³-hybridized carbons (Fsp3) is 0.412. The number of carbonyl (C=O) groups is 1.